The molecule has 0 aromatic carbocycles. The first kappa shape index (κ1) is 16.7. The van der Waals surface area contributed by atoms with E-state index in [-0.39, 0.29) is 18.3 Å². The van der Waals surface area contributed by atoms with Crippen LogP contribution in [0.15, 0.2) is 0 Å². The molecule has 1 amide bonds. The number of hydrogen-bond donors (Lipinski definition) is 1. The van der Waals surface area contributed by atoms with Gasteiger partial charge in [0.25, 0.3) is 0 Å². The molecule has 0 spiro atoms. The largest absolute Gasteiger partial charge is 0.378 e. The number of ether oxygens (including phenoxy) is 1. The molecule has 4 nitrogen and oxygen atoms in total. The highest BCUT2D eigenvalue weighted by molar-refractivity contribution is 5.85. The maximum Gasteiger partial charge on any atom is 0.227 e. The Morgan fingerprint density at radius 1 is 1.32 bits per heavy atom. The summed E-state index contributed by atoms with van der Waals surface area (Å²) in [6, 6.07) is 0. The molecule has 2 atom stereocenters. The molecule has 2 saturated heterocycles. The summed E-state index contributed by atoms with van der Waals surface area (Å²) in [6.45, 7) is 6.65. The van der Waals surface area contributed by atoms with Gasteiger partial charge in [-0.2, -0.15) is 0 Å². The predicted octanol–water partition coefficient (Wildman–Crippen LogP) is 1.83. The van der Waals surface area contributed by atoms with Crippen LogP contribution in [0.2, 0.25) is 0 Å². The van der Waals surface area contributed by atoms with Gasteiger partial charge in [0.15, 0.2) is 0 Å². The molecule has 0 aliphatic carbocycles. The lowest BCUT2D eigenvalue weighted by Gasteiger charge is -2.23. The smallest absolute Gasteiger partial charge is 0.227 e. The van der Waals surface area contributed by atoms with Gasteiger partial charge in [0.05, 0.1) is 12.0 Å². The second-order valence-electron chi connectivity index (χ2n) is 5.44. The minimum absolute atomic E-state index is 0. The van der Waals surface area contributed by atoms with E-state index in [4.69, 9.17) is 4.74 Å². The molecule has 0 aromatic rings. The van der Waals surface area contributed by atoms with E-state index >= 15 is 0 Å². The van der Waals surface area contributed by atoms with Gasteiger partial charge in [-0.25, -0.2) is 0 Å². The zero-order chi connectivity index (χ0) is 12.8. The molecule has 0 radical (unpaired) electrons. The number of nitrogens with one attached hydrogen (secondary N) is 1. The minimum Gasteiger partial charge on any atom is -0.378 e. The highest BCUT2D eigenvalue weighted by atomic mass is 35.5. The quantitative estimate of drug-likeness (QED) is 0.859. The lowest BCUT2D eigenvalue weighted by molar-refractivity contribution is -0.134. The summed E-state index contributed by atoms with van der Waals surface area (Å²) in [6.07, 6.45) is 5.64. The topological polar surface area (TPSA) is 41.6 Å². The van der Waals surface area contributed by atoms with Gasteiger partial charge in [0.1, 0.15) is 0 Å². The summed E-state index contributed by atoms with van der Waals surface area (Å²) in [7, 11) is 0. The monoisotopic (exact) mass is 290 g/mol. The van der Waals surface area contributed by atoms with Crippen molar-refractivity contribution in [3.8, 4) is 0 Å². The Kier molecular flexibility index (Phi) is 7.73. The molecular formula is C14H27ClN2O2. The van der Waals surface area contributed by atoms with Gasteiger partial charge < -0.3 is 15.0 Å². The second-order valence-corrected chi connectivity index (χ2v) is 5.44. The highest BCUT2D eigenvalue weighted by Crippen LogP contribution is 2.18. The Morgan fingerprint density at radius 3 is 2.84 bits per heavy atom. The van der Waals surface area contributed by atoms with Crippen molar-refractivity contribution in [2.24, 2.45) is 5.92 Å². The lowest BCUT2D eigenvalue weighted by atomic mass is 10.1. The average Bonchev–Trinajstić information content (AvgIpc) is 2.82. The van der Waals surface area contributed by atoms with E-state index in [1.807, 2.05) is 0 Å². The second kappa shape index (κ2) is 8.77. The fourth-order valence-electron chi connectivity index (χ4n) is 2.86. The number of carbonyl (C=O) groups is 1. The molecule has 0 bridgehead atoms. The Hall–Kier alpha value is -0.320. The standard InChI is InChI=1S/C14H26N2O2.ClH/c1-2-10-18-13-4-3-8-16(9-6-13)14(17)12-5-7-15-11-12;/h12-13,15H,2-11H2,1H3;1H. The molecule has 5 heteroatoms. The number of rotatable bonds is 4. The molecule has 0 saturated carbocycles. The van der Waals surface area contributed by atoms with Crippen molar-refractivity contribution in [2.75, 3.05) is 32.8 Å². The fourth-order valence-corrected chi connectivity index (χ4v) is 2.86. The van der Waals surface area contributed by atoms with Crippen molar-refractivity contribution in [1.82, 2.24) is 10.2 Å². The Bertz CT molecular complexity index is 270. The molecule has 2 heterocycles. The first-order valence-corrected chi connectivity index (χ1v) is 7.42. The van der Waals surface area contributed by atoms with Crippen LogP contribution in [-0.4, -0.2) is 49.7 Å². The van der Waals surface area contributed by atoms with Gasteiger partial charge in [-0.3, -0.25) is 4.79 Å². The molecule has 2 aliphatic heterocycles. The zero-order valence-electron chi connectivity index (χ0n) is 11.9. The lowest BCUT2D eigenvalue weighted by Crippen LogP contribution is -2.38. The summed E-state index contributed by atoms with van der Waals surface area (Å²) in [5.41, 5.74) is 0. The third-order valence-electron chi connectivity index (χ3n) is 3.95. The molecule has 2 rings (SSSR count). The van der Waals surface area contributed by atoms with E-state index in [2.05, 4.69) is 17.1 Å². The van der Waals surface area contributed by atoms with Gasteiger partial charge in [0, 0.05) is 26.2 Å². The normalized spacial score (nSPS) is 27.7. The number of halogens is 1. The maximum absolute atomic E-state index is 12.3. The van der Waals surface area contributed by atoms with Gasteiger partial charge in [-0.15, -0.1) is 12.4 Å². The van der Waals surface area contributed by atoms with Crippen LogP contribution in [0.3, 0.4) is 0 Å². The summed E-state index contributed by atoms with van der Waals surface area (Å²) in [5, 5.41) is 3.27. The summed E-state index contributed by atoms with van der Waals surface area (Å²) >= 11 is 0. The van der Waals surface area contributed by atoms with Gasteiger partial charge in [-0.05, 0) is 38.6 Å². The Balaban J connectivity index is 0.00000180. The predicted molar refractivity (Wildman–Crippen MR) is 78.7 cm³/mol. The van der Waals surface area contributed by atoms with Crippen molar-refractivity contribution < 1.29 is 9.53 Å². The van der Waals surface area contributed by atoms with Crippen molar-refractivity contribution in [3.63, 3.8) is 0 Å². The molecular weight excluding hydrogens is 264 g/mol. The molecule has 2 aliphatic rings. The zero-order valence-corrected chi connectivity index (χ0v) is 12.7. The molecule has 2 unspecified atom stereocenters. The van der Waals surface area contributed by atoms with E-state index in [1.54, 1.807) is 0 Å². The highest BCUT2D eigenvalue weighted by Gasteiger charge is 2.28. The third kappa shape index (κ3) is 4.93. The van der Waals surface area contributed by atoms with Crippen LogP contribution in [-0.2, 0) is 9.53 Å². The molecule has 2 fully saturated rings. The van der Waals surface area contributed by atoms with Crippen LogP contribution in [0.5, 0.6) is 0 Å². The van der Waals surface area contributed by atoms with E-state index in [0.29, 0.717) is 12.0 Å². The van der Waals surface area contributed by atoms with Crippen LogP contribution in [0.1, 0.15) is 39.0 Å². The molecule has 112 valence electrons. The average molecular weight is 291 g/mol. The summed E-state index contributed by atoms with van der Waals surface area (Å²) in [5.74, 6) is 0.578. The molecule has 0 aromatic heterocycles. The van der Waals surface area contributed by atoms with Crippen LogP contribution in [0.4, 0.5) is 0 Å². The van der Waals surface area contributed by atoms with Crippen molar-refractivity contribution in [1.29, 1.82) is 0 Å². The first-order chi connectivity index (χ1) is 8.81. The van der Waals surface area contributed by atoms with E-state index < -0.39 is 0 Å². The minimum atomic E-state index is 0. The van der Waals surface area contributed by atoms with E-state index in [0.717, 1.165) is 64.9 Å². The number of hydrogen-bond acceptors (Lipinski definition) is 3. The van der Waals surface area contributed by atoms with Gasteiger partial charge in [0.2, 0.25) is 5.91 Å². The van der Waals surface area contributed by atoms with Crippen molar-refractivity contribution in [3.05, 3.63) is 0 Å². The van der Waals surface area contributed by atoms with Crippen LogP contribution in [0.25, 0.3) is 0 Å². The SMILES string of the molecule is CCCOC1CCCN(C(=O)C2CCNC2)CC1.Cl. The van der Waals surface area contributed by atoms with Gasteiger partial charge >= 0.3 is 0 Å². The van der Waals surface area contributed by atoms with E-state index in [1.165, 1.54) is 0 Å². The van der Waals surface area contributed by atoms with Crippen LogP contribution in [0, 0.1) is 5.92 Å². The number of amides is 1. The number of nitrogens with zero attached hydrogens (tertiary/aromatic N) is 1. The Labute approximate surface area is 122 Å². The van der Waals surface area contributed by atoms with Crippen LogP contribution < -0.4 is 5.32 Å². The van der Waals surface area contributed by atoms with Gasteiger partial charge in [-0.1, -0.05) is 6.92 Å². The first-order valence-electron chi connectivity index (χ1n) is 7.42. The third-order valence-corrected chi connectivity index (χ3v) is 3.95. The summed E-state index contributed by atoms with van der Waals surface area (Å²) in [4.78, 5) is 14.4. The van der Waals surface area contributed by atoms with Crippen molar-refractivity contribution in [2.45, 2.75) is 45.1 Å². The maximum atomic E-state index is 12.3. The van der Waals surface area contributed by atoms with Crippen molar-refractivity contribution >= 4 is 18.3 Å². The van der Waals surface area contributed by atoms with E-state index in [9.17, 15) is 4.79 Å². The fraction of sp³-hybridized carbons (Fsp3) is 0.929. The van der Waals surface area contributed by atoms with Crippen LogP contribution >= 0.6 is 12.4 Å². The molecule has 1 N–H and O–H groups in total. The number of likely N-dealkylation sites (tertiary alicyclic amines) is 1. The Morgan fingerprint density at radius 2 is 2.16 bits per heavy atom. The summed E-state index contributed by atoms with van der Waals surface area (Å²) < 4.78 is 5.82. The number of carbonyl (C=O) groups excluding carboxylic acids is 1. The molecule has 19 heavy (non-hydrogen) atoms.